The second kappa shape index (κ2) is 4.66. The zero-order chi connectivity index (χ0) is 14.1. The van der Waals surface area contributed by atoms with Crippen LogP contribution < -0.4 is 11.1 Å². The molecule has 0 aliphatic heterocycles. The average Bonchev–Trinajstić information content (AvgIpc) is 2.18. The van der Waals surface area contributed by atoms with Crippen LogP contribution in [-0.4, -0.2) is 26.1 Å². The standard InChI is InChI=1S/C11H15FN2O3S/c1-11(2,13)10(15)14-9-6-7(18(3,16)17)4-5-8(9)12/h4-6H,13H2,1-3H3,(H,14,15). The second-order valence-electron chi connectivity index (χ2n) is 4.59. The van der Waals surface area contributed by atoms with E-state index in [0.29, 0.717) is 0 Å². The Balaban J connectivity index is 3.14. The van der Waals surface area contributed by atoms with Gasteiger partial charge in [-0.2, -0.15) is 0 Å². The Morgan fingerprint density at radius 3 is 2.39 bits per heavy atom. The molecule has 7 heteroatoms. The van der Waals surface area contributed by atoms with E-state index in [1.165, 1.54) is 13.8 Å². The van der Waals surface area contributed by atoms with Crippen LogP contribution in [-0.2, 0) is 14.6 Å². The van der Waals surface area contributed by atoms with Gasteiger partial charge in [0.25, 0.3) is 0 Å². The maximum atomic E-state index is 13.5. The summed E-state index contributed by atoms with van der Waals surface area (Å²) in [6, 6.07) is 3.18. The van der Waals surface area contributed by atoms with Gasteiger partial charge in [0.05, 0.1) is 16.1 Å². The molecule has 0 fully saturated rings. The number of anilines is 1. The first-order valence-electron chi connectivity index (χ1n) is 5.12. The molecule has 0 saturated heterocycles. The molecule has 0 radical (unpaired) electrons. The van der Waals surface area contributed by atoms with Crippen molar-refractivity contribution in [3.63, 3.8) is 0 Å². The maximum Gasteiger partial charge on any atom is 0.243 e. The van der Waals surface area contributed by atoms with Crippen LogP contribution in [0.4, 0.5) is 10.1 Å². The van der Waals surface area contributed by atoms with E-state index >= 15 is 0 Å². The minimum atomic E-state index is -3.46. The van der Waals surface area contributed by atoms with Crippen molar-refractivity contribution in [3.05, 3.63) is 24.0 Å². The fraction of sp³-hybridized carbons (Fsp3) is 0.364. The molecule has 1 rings (SSSR count). The van der Waals surface area contributed by atoms with Crippen LogP contribution in [0.1, 0.15) is 13.8 Å². The lowest BCUT2D eigenvalue weighted by atomic mass is 10.1. The molecule has 3 N–H and O–H groups in total. The molecule has 5 nitrogen and oxygen atoms in total. The lowest BCUT2D eigenvalue weighted by Gasteiger charge is -2.18. The van der Waals surface area contributed by atoms with E-state index in [0.717, 1.165) is 24.5 Å². The van der Waals surface area contributed by atoms with Crippen molar-refractivity contribution < 1.29 is 17.6 Å². The van der Waals surface area contributed by atoms with E-state index < -0.39 is 27.1 Å². The molecule has 0 bridgehead atoms. The highest BCUT2D eigenvalue weighted by Gasteiger charge is 2.23. The Labute approximate surface area is 105 Å². The van der Waals surface area contributed by atoms with Crippen molar-refractivity contribution in [3.8, 4) is 0 Å². The van der Waals surface area contributed by atoms with E-state index in [1.54, 1.807) is 0 Å². The zero-order valence-electron chi connectivity index (χ0n) is 10.3. The monoisotopic (exact) mass is 274 g/mol. The van der Waals surface area contributed by atoms with Crippen molar-refractivity contribution in [1.29, 1.82) is 0 Å². The summed E-state index contributed by atoms with van der Waals surface area (Å²) in [5.41, 5.74) is 4.15. The van der Waals surface area contributed by atoms with Crippen LogP contribution in [0.15, 0.2) is 23.1 Å². The van der Waals surface area contributed by atoms with Gasteiger partial charge in [0.2, 0.25) is 5.91 Å². The van der Waals surface area contributed by atoms with Crippen molar-refractivity contribution >= 4 is 21.4 Å². The molecule has 0 atom stereocenters. The molecule has 0 aliphatic rings. The highest BCUT2D eigenvalue weighted by molar-refractivity contribution is 7.90. The van der Waals surface area contributed by atoms with Crippen molar-refractivity contribution in [2.24, 2.45) is 5.73 Å². The number of nitrogens with one attached hydrogen (secondary N) is 1. The van der Waals surface area contributed by atoms with Gasteiger partial charge in [-0.15, -0.1) is 0 Å². The van der Waals surface area contributed by atoms with E-state index in [4.69, 9.17) is 5.73 Å². The molecular weight excluding hydrogens is 259 g/mol. The summed E-state index contributed by atoms with van der Waals surface area (Å²) in [5, 5.41) is 2.26. The fourth-order valence-corrected chi connectivity index (χ4v) is 1.76. The van der Waals surface area contributed by atoms with E-state index in [2.05, 4.69) is 5.32 Å². The first-order valence-corrected chi connectivity index (χ1v) is 7.01. The predicted octanol–water partition coefficient (Wildman–Crippen LogP) is 0.905. The van der Waals surface area contributed by atoms with Gasteiger partial charge in [0.15, 0.2) is 9.84 Å². The number of hydrogen-bond donors (Lipinski definition) is 2. The van der Waals surface area contributed by atoms with Crippen LogP contribution in [0.5, 0.6) is 0 Å². The number of halogens is 1. The van der Waals surface area contributed by atoms with E-state index in [1.807, 2.05) is 0 Å². The van der Waals surface area contributed by atoms with Gasteiger partial charge in [-0.1, -0.05) is 0 Å². The number of sulfone groups is 1. The molecule has 0 unspecified atom stereocenters. The van der Waals surface area contributed by atoms with Crippen molar-refractivity contribution in [1.82, 2.24) is 0 Å². The minimum Gasteiger partial charge on any atom is -0.322 e. The van der Waals surface area contributed by atoms with Crippen molar-refractivity contribution in [2.45, 2.75) is 24.3 Å². The highest BCUT2D eigenvalue weighted by Crippen LogP contribution is 2.20. The molecule has 0 spiro atoms. The first kappa shape index (κ1) is 14.6. The van der Waals surface area contributed by atoms with Crippen LogP contribution in [0.3, 0.4) is 0 Å². The van der Waals surface area contributed by atoms with Crippen LogP contribution in [0, 0.1) is 5.82 Å². The Morgan fingerprint density at radius 2 is 1.94 bits per heavy atom. The minimum absolute atomic E-state index is 0.0750. The Hall–Kier alpha value is -1.47. The average molecular weight is 274 g/mol. The van der Waals surface area contributed by atoms with Gasteiger partial charge >= 0.3 is 0 Å². The number of nitrogens with two attached hydrogens (primary N) is 1. The van der Waals surface area contributed by atoms with Gasteiger partial charge in [-0.05, 0) is 32.0 Å². The molecule has 0 aromatic heterocycles. The number of rotatable bonds is 3. The van der Waals surface area contributed by atoms with Gasteiger partial charge in [-0.25, -0.2) is 12.8 Å². The first-order chi connectivity index (χ1) is 8.01. The topological polar surface area (TPSA) is 89.3 Å². The summed E-state index contributed by atoms with van der Waals surface area (Å²) in [7, 11) is -3.46. The number of carbonyl (C=O) groups excluding carboxylic acids is 1. The summed E-state index contributed by atoms with van der Waals surface area (Å²) >= 11 is 0. The fourth-order valence-electron chi connectivity index (χ4n) is 1.11. The third-order valence-corrected chi connectivity index (χ3v) is 3.31. The number of carbonyl (C=O) groups is 1. The largest absolute Gasteiger partial charge is 0.322 e. The second-order valence-corrected chi connectivity index (χ2v) is 6.61. The normalized spacial score (nSPS) is 12.3. The molecule has 100 valence electrons. The quantitative estimate of drug-likeness (QED) is 0.802. The lowest BCUT2D eigenvalue weighted by Crippen LogP contribution is -2.45. The molecule has 0 heterocycles. The number of amides is 1. The summed E-state index contributed by atoms with van der Waals surface area (Å²) in [4.78, 5) is 11.5. The van der Waals surface area contributed by atoms with Gasteiger partial charge in [0, 0.05) is 6.26 Å². The molecule has 1 amide bonds. The van der Waals surface area contributed by atoms with E-state index in [9.17, 15) is 17.6 Å². The molecular formula is C11H15FN2O3S. The van der Waals surface area contributed by atoms with Crippen molar-refractivity contribution in [2.75, 3.05) is 11.6 Å². The molecule has 1 aromatic rings. The predicted molar refractivity (Wildman–Crippen MR) is 66.4 cm³/mol. The van der Waals surface area contributed by atoms with Gasteiger partial charge in [0.1, 0.15) is 5.82 Å². The van der Waals surface area contributed by atoms with Crippen LogP contribution >= 0.6 is 0 Å². The Kier molecular flexibility index (Phi) is 3.78. The Morgan fingerprint density at radius 1 is 1.39 bits per heavy atom. The SMILES string of the molecule is CC(C)(N)C(=O)Nc1cc(S(C)(=O)=O)ccc1F. The highest BCUT2D eigenvalue weighted by atomic mass is 32.2. The molecule has 18 heavy (non-hydrogen) atoms. The number of benzene rings is 1. The van der Waals surface area contributed by atoms with Crippen LogP contribution in [0.25, 0.3) is 0 Å². The van der Waals surface area contributed by atoms with E-state index in [-0.39, 0.29) is 10.6 Å². The van der Waals surface area contributed by atoms with Gasteiger partial charge in [-0.3, -0.25) is 4.79 Å². The van der Waals surface area contributed by atoms with Crippen LogP contribution in [0.2, 0.25) is 0 Å². The molecule has 0 saturated carbocycles. The zero-order valence-corrected chi connectivity index (χ0v) is 11.1. The summed E-state index contributed by atoms with van der Waals surface area (Å²) in [6.45, 7) is 2.92. The molecule has 0 aliphatic carbocycles. The summed E-state index contributed by atoms with van der Waals surface area (Å²) in [5.74, 6) is -1.33. The number of hydrogen-bond acceptors (Lipinski definition) is 4. The summed E-state index contributed by atoms with van der Waals surface area (Å²) in [6.07, 6.45) is 0.999. The smallest absolute Gasteiger partial charge is 0.243 e. The third kappa shape index (κ3) is 3.51. The Bertz CT molecular complexity index is 576. The maximum absolute atomic E-state index is 13.5. The molecule has 1 aromatic carbocycles. The summed E-state index contributed by atoms with van der Waals surface area (Å²) < 4.78 is 36.1. The third-order valence-electron chi connectivity index (χ3n) is 2.20. The van der Waals surface area contributed by atoms with Gasteiger partial charge < -0.3 is 11.1 Å². The lowest BCUT2D eigenvalue weighted by molar-refractivity contribution is -0.120.